The molecular weight excluding hydrogens is 1230 g/mol. The topological polar surface area (TPSA) is 237 Å². The Morgan fingerprint density at radius 3 is 0.872 bits per heavy atom. The van der Waals surface area contributed by atoms with Crippen molar-refractivity contribution in [3.63, 3.8) is 0 Å². The molecule has 17 nitrogen and oxygen atoms in total. The molecule has 0 heterocycles. The highest BCUT2D eigenvalue weighted by atomic mass is 31.2. The highest BCUT2D eigenvalue weighted by Gasteiger charge is 2.30. The Morgan fingerprint density at radius 2 is 0.574 bits per heavy atom. The Morgan fingerprint density at radius 1 is 0.330 bits per heavy atom. The van der Waals surface area contributed by atoms with E-state index in [1.54, 1.807) is 0 Å². The molecule has 0 bridgehead atoms. The van der Waals surface area contributed by atoms with E-state index >= 15 is 0 Å². The number of ether oxygens (including phenoxy) is 4. The van der Waals surface area contributed by atoms with E-state index in [2.05, 4.69) is 58.9 Å². The summed E-state index contributed by atoms with van der Waals surface area (Å²) < 4.78 is 68.3. The zero-order valence-electron chi connectivity index (χ0n) is 60.6. The van der Waals surface area contributed by atoms with Crippen LogP contribution in [0.5, 0.6) is 0 Å². The molecule has 19 heteroatoms. The van der Waals surface area contributed by atoms with Gasteiger partial charge in [0.15, 0.2) is 12.2 Å². The van der Waals surface area contributed by atoms with Crippen LogP contribution in [0.15, 0.2) is 24.3 Å². The number of rotatable bonds is 73. The summed E-state index contributed by atoms with van der Waals surface area (Å²) in [5.74, 6) is -1.40. The smallest absolute Gasteiger partial charge is 0.462 e. The van der Waals surface area contributed by atoms with E-state index in [9.17, 15) is 43.2 Å². The highest BCUT2D eigenvalue weighted by Crippen LogP contribution is 2.45. The molecule has 0 aromatic heterocycles. The van der Waals surface area contributed by atoms with E-state index in [0.29, 0.717) is 25.7 Å². The van der Waals surface area contributed by atoms with Gasteiger partial charge in [0, 0.05) is 25.7 Å². The van der Waals surface area contributed by atoms with Gasteiger partial charge in [0.2, 0.25) is 0 Å². The average molecular weight is 1380 g/mol. The summed E-state index contributed by atoms with van der Waals surface area (Å²) in [6, 6.07) is 0. The number of allylic oxidation sites excluding steroid dienone is 4. The molecule has 0 amide bonds. The molecule has 0 aliphatic heterocycles. The lowest BCUT2D eigenvalue weighted by Crippen LogP contribution is -2.30. The van der Waals surface area contributed by atoms with E-state index in [1.807, 2.05) is 0 Å². The molecule has 94 heavy (non-hydrogen) atoms. The quantitative estimate of drug-likeness (QED) is 0.0169. The SMILES string of the molecule is CCCCCC/C=C\C=C/CCCCCCCC(=O)OC[C@H](COP(=O)(O)OC[C@@H](O)COP(=O)(O)OC[C@@H](COC(=O)CCCCCCCCC)OC(=O)CCCCCCCCCCCCC(C)C)OC(=O)CCCCCCCCCCCCCCCCCCCCC. The van der Waals surface area contributed by atoms with Crippen LogP contribution in [0.25, 0.3) is 0 Å². The number of aliphatic hydroxyl groups excluding tert-OH is 1. The molecule has 0 aliphatic carbocycles. The molecule has 0 aromatic rings. The molecule has 554 valence electrons. The Kier molecular flexibility index (Phi) is 65.9. The van der Waals surface area contributed by atoms with Gasteiger partial charge in [-0.15, -0.1) is 0 Å². The van der Waals surface area contributed by atoms with Crippen molar-refractivity contribution in [2.75, 3.05) is 39.6 Å². The Bertz CT molecular complexity index is 1900. The fourth-order valence-corrected chi connectivity index (χ4v) is 12.6. The molecule has 3 N–H and O–H groups in total. The van der Waals surface area contributed by atoms with E-state index in [-0.39, 0.29) is 25.7 Å². The number of aliphatic hydroxyl groups is 1. The first-order chi connectivity index (χ1) is 45.5. The minimum absolute atomic E-state index is 0.102. The van der Waals surface area contributed by atoms with Crippen LogP contribution in [-0.4, -0.2) is 96.7 Å². The summed E-state index contributed by atoms with van der Waals surface area (Å²) in [5, 5.41) is 10.6. The number of carbonyl (C=O) groups excluding carboxylic acids is 4. The third-order valence-electron chi connectivity index (χ3n) is 16.9. The number of carbonyl (C=O) groups is 4. The zero-order chi connectivity index (χ0) is 69.1. The summed E-state index contributed by atoms with van der Waals surface area (Å²) in [5.41, 5.74) is 0. The minimum atomic E-state index is -4.96. The third kappa shape index (κ3) is 68.1. The van der Waals surface area contributed by atoms with Crippen molar-refractivity contribution >= 4 is 39.5 Å². The maximum Gasteiger partial charge on any atom is 0.472 e. The predicted molar refractivity (Wildman–Crippen MR) is 381 cm³/mol. The van der Waals surface area contributed by atoms with Crippen molar-refractivity contribution < 1.29 is 80.2 Å². The number of hydrogen-bond acceptors (Lipinski definition) is 15. The molecule has 0 rings (SSSR count). The van der Waals surface area contributed by atoms with Crippen LogP contribution in [0.2, 0.25) is 0 Å². The van der Waals surface area contributed by atoms with Crippen molar-refractivity contribution in [3.05, 3.63) is 24.3 Å². The molecule has 2 unspecified atom stereocenters. The Hall–Kier alpha value is -2.46. The van der Waals surface area contributed by atoms with Gasteiger partial charge in [-0.3, -0.25) is 37.3 Å². The number of hydrogen-bond donors (Lipinski definition) is 3. The lowest BCUT2D eigenvalue weighted by molar-refractivity contribution is -0.161. The molecule has 0 radical (unpaired) electrons. The van der Waals surface area contributed by atoms with Crippen LogP contribution in [-0.2, 0) is 65.4 Å². The fraction of sp³-hybridized carbons (Fsp3) is 0.893. The molecule has 0 aromatic carbocycles. The summed E-state index contributed by atoms with van der Waals surface area (Å²) in [7, 11) is -9.91. The monoisotopic (exact) mass is 1380 g/mol. The van der Waals surface area contributed by atoms with E-state index in [0.717, 1.165) is 128 Å². The second-order valence-corrected chi connectivity index (χ2v) is 29.7. The van der Waals surface area contributed by atoms with Gasteiger partial charge in [-0.1, -0.05) is 316 Å². The molecule has 0 fully saturated rings. The van der Waals surface area contributed by atoms with Crippen molar-refractivity contribution in [2.24, 2.45) is 5.92 Å². The standard InChI is InChI=1S/C75H142O17P2/c1-6-9-12-15-18-20-22-24-26-27-28-29-31-33-35-40-45-50-55-60-74(79)92-71(65-86-73(78)59-54-49-44-39-34-32-30-25-23-21-19-16-13-10-7-2)67-90-94(83,84)88-63-69(76)62-87-93(81,82)89-66-70(64-85-72(77)58-53-48-42-17-14-11-8-3)91-75(80)61-56-51-46-41-37-36-38-43-47-52-57-68(4)5/h21,23,25,30,68-71,76H,6-20,22,24,26-29,31-67H2,1-5H3,(H,81,82)(H,83,84)/b23-21-,30-25-/t69-,70+,71+/m0/s1. The number of phosphoric ester groups is 2. The first-order valence-electron chi connectivity index (χ1n) is 38.5. The summed E-state index contributed by atoms with van der Waals surface area (Å²) in [6.45, 7) is 7.16. The number of esters is 4. The van der Waals surface area contributed by atoms with Crippen LogP contribution in [0.4, 0.5) is 0 Å². The zero-order valence-corrected chi connectivity index (χ0v) is 62.4. The molecular formula is C75H142O17P2. The van der Waals surface area contributed by atoms with Crippen LogP contribution in [0, 0.1) is 5.92 Å². The summed E-state index contributed by atoms with van der Waals surface area (Å²) >= 11 is 0. The third-order valence-corrected chi connectivity index (χ3v) is 18.8. The molecule has 5 atom stereocenters. The Balaban J connectivity index is 5.22. The van der Waals surface area contributed by atoms with Gasteiger partial charge in [0.05, 0.1) is 26.4 Å². The van der Waals surface area contributed by atoms with Crippen LogP contribution in [0.1, 0.15) is 369 Å². The van der Waals surface area contributed by atoms with E-state index in [1.165, 1.54) is 161 Å². The summed E-state index contributed by atoms with van der Waals surface area (Å²) in [4.78, 5) is 72.6. The maximum absolute atomic E-state index is 13.1. The Labute approximate surface area is 573 Å². The number of phosphoric acid groups is 2. The van der Waals surface area contributed by atoms with Gasteiger partial charge in [0.1, 0.15) is 19.3 Å². The largest absolute Gasteiger partial charge is 0.472 e. The van der Waals surface area contributed by atoms with Crippen molar-refractivity contribution in [2.45, 2.75) is 387 Å². The first-order valence-corrected chi connectivity index (χ1v) is 41.4. The lowest BCUT2D eigenvalue weighted by Gasteiger charge is -2.21. The van der Waals surface area contributed by atoms with Crippen LogP contribution >= 0.6 is 15.6 Å². The van der Waals surface area contributed by atoms with Gasteiger partial charge < -0.3 is 33.8 Å². The van der Waals surface area contributed by atoms with Gasteiger partial charge in [-0.05, 0) is 57.3 Å². The second kappa shape index (κ2) is 67.7. The van der Waals surface area contributed by atoms with Gasteiger partial charge in [0.25, 0.3) is 0 Å². The first kappa shape index (κ1) is 91.5. The average Bonchev–Trinajstić information content (AvgIpc) is 1.57. The normalized spacial score (nSPS) is 14.1. The van der Waals surface area contributed by atoms with Crippen LogP contribution < -0.4 is 0 Å². The van der Waals surface area contributed by atoms with Crippen molar-refractivity contribution in [1.82, 2.24) is 0 Å². The summed E-state index contributed by atoms with van der Waals surface area (Å²) in [6.07, 6.45) is 59.3. The van der Waals surface area contributed by atoms with Gasteiger partial charge >= 0.3 is 39.5 Å². The molecule has 0 saturated heterocycles. The van der Waals surface area contributed by atoms with Gasteiger partial charge in [-0.2, -0.15) is 0 Å². The van der Waals surface area contributed by atoms with Crippen LogP contribution in [0.3, 0.4) is 0 Å². The molecule has 0 saturated carbocycles. The molecule has 0 spiro atoms. The lowest BCUT2D eigenvalue weighted by atomic mass is 10.0. The van der Waals surface area contributed by atoms with E-state index < -0.39 is 97.5 Å². The second-order valence-electron chi connectivity index (χ2n) is 26.8. The fourth-order valence-electron chi connectivity index (χ4n) is 11.0. The van der Waals surface area contributed by atoms with E-state index in [4.69, 9.17) is 37.0 Å². The van der Waals surface area contributed by atoms with Crippen molar-refractivity contribution in [3.8, 4) is 0 Å². The highest BCUT2D eigenvalue weighted by molar-refractivity contribution is 7.47. The van der Waals surface area contributed by atoms with Crippen molar-refractivity contribution in [1.29, 1.82) is 0 Å². The van der Waals surface area contributed by atoms with Gasteiger partial charge in [-0.25, -0.2) is 9.13 Å². The molecule has 0 aliphatic rings. The number of unbranched alkanes of at least 4 members (excludes halogenated alkanes) is 42. The maximum atomic E-state index is 13.1. The predicted octanol–water partition coefficient (Wildman–Crippen LogP) is 21.6. The minimum Gasteiger partial charge on any atom is -0.462 e.